The van der Waals surface area contributed by atoms with E-state index in [-0.39, 0.29) is 11.9 Å². The number of rotatable bonds is 5. The van der Waals surface area contributed by atoms with Gasteiger partial charge in [-0.2, -0.15) is 0 Å². The number of piperidine rings is 2. The number of carbonyl (C=O) groups is 1. The molecule has 2 aromatic rings. The topological polar surface area (TPSA) is 96.6 Å². The summed E-state index contributed by atoms with van der Waals surface area (Å²) in [7, 11) is 0. The van der Waals surface area contributed by atoms with Gasteiger partial charge in [0.15, 0.2) is 0 Å². The van der Waals surface area contributed by atoms with Crippen molar-refractivity contribution >= 4 is 22.6 Å². The number of hydrogen-bond donors (Lipinski definition) is 2. The average molecular weight is 425 g/mol. The predicted octanol–water partition coefficient (Wildman–Crippen LogP) is 1.52. The number of anilines is 1. The van der Waals surface area contributed by atoms with E-state index in [0.29, 0.717) is 22.4 Å². The summed E-state index contributed by atoms with van der Waals surface area (Å²) < 4.78 is 5.43. The Bertz CT molecular complexity index is 929. The maximum atomic E-state index is 12.8. The van der Waals surface area contributed by atoms with Crippen LogP contribution in [0.15, 0.2) is 24.4 Å². The van der Waals surface area contributed by atoms with Gasteiger partial charge in [0, 0.05) is 49.2 Å². The first-order valence-corrected chi connectivity index (χ1v) is 11.4. The van der Waals surface area contributed by atoms with Crippen molar-refractivity contribution < 1.29 is 9.53 Å². The minimum atomic E-state index is -0.127. The number of nitrogen functional groups attached to an aromatic ring is 1. The van der Waals surface area contributed by atoms with Gasteiger partial charge in [0.05, 0.1) is 18.7 Å². The molecule has 3 N–H and O–H groups in total. The van der Waals surface area contributed by atoms with Gasteiger partial charge in [0.25, 0.3) is 5.91 Å². The number of carbonyl (C=O) groups excluding carboxylic acids is 1. The van der Waals surface area contributed by atoms with Crippen molar-refractivity contribution in [3.8, 4) is 0 Å². The van der Waals surface area contributed by atoms with E-state index in [1.807, 2.05) is 6.07 Å². The Morgan fingerprint density at radius 3 is 2.48 bits per heavy atom. The van der Waals surface area contributed by atoms with Gasteiger partial charge in [-0.3, -0.25) is 9.78 Å². The standard InChI is InChI=1S/C23H32N6O2/c24-20-2-1-18-19(27-20)3-8-25-21(18)22(30)26-17-4-9-28(10-5-17)13-14-29-11-6-23(7-12-29)15-31-16-23/h1-3,8,17H,4-7,9-16H2,(H2,24,27)(H,26,30). The molecular weight excluding hydrogens is 392 g/mol. The molecule has 166 valence electrons. The Morgan fingerprint density at radius 2 is 1.81 bits per heavy atom. The molecule has 8 heteroatoms. The largest absolute Gasteiger partial charge is 0.384 e. The molecule has 0 aliphatic carbocycles. The number of pyridine rings is 2. The summed E-state index contributed by atoms with van der Waals surface area (Å²) in [4.78, 5) is 26.6. The van der Waals surface area contributed by atoms with Gasteiger partial charge in [-0.25, -0.2) is 4.98 Å². The lowest BCUT2D eigenvalue weighted by Gasteiger charge is -2.47. The maximum Gasteiger partial charge on any atom is 0.270 e. The number of aromatic nitrogens is 2. The molecule has 3 saturated heterocycles. The highest BCUT2D eigenvalue weighted by Gasteiger charge is 2.41. The molecule has 3 aliphatic rings. The summed E-state index contributed by atoms with van der Waals surface area (Å²) in [5, 5.41) is 3.92. The Kier molecular flexibility index (Phi) is 5.77. The van der Waals surface area contributed by atoms with E-state index in [2.05, 4.69) is 25.1 Å². The van der Waals surface area contributed by atoms with Crippen molar-refractivity contribution in [1.82, 2.24) is 25.1 Å². The van der Waals surface area contributed by atoms with Crippen LogP contribution >= 0.6 is 0 Å². The molecule has 0 saturated carbocycles. The molecule has 0 unspecified atom stereocenters. The second-order valence-electron chi connectivity index (χ2n) is 9.39. The summed E-state index contributed by atoms with van der Waals surface area (Å²) in [6.07, 6.45) is 6.13. The Balaban J connectivity index is 1.08. The Labute approximate surface area is 183 Å². The monoisotopic (exact) mass is 424 g/mol. The van der Waals surface area contributed by atoms with E-state index in [4.69, 9.17) is 10.5 Å². The third-order valence-corrected chi connectivity index (χ3v) is 7.24. The fourth-order valence-electron chi connectivity index (χ4n) is 5.02. The van der Waals surface area contributed by atoms with Crippen LogP contribution in [-0.2, 0) is 4.74 Å². The Hall–Kier alpha value is -2.29. The molecule has 5 rings (SSSR count). The first kappa shape index (κ1) is 20.6. The van der Waals surface area contributed by atoms with Crippen LogP contribution in [0.1, 0.15) is 36.2 Å². The van der Waals surface area contributed by atoms with E-state index in [9.17, 15) is 4.79 Å². The summed E-state index contributed by atoms with van der Waals surface area (Å²) in [5.41, 5.74) is 7.39. The average Bonchev–Trinajstić information content (AvgIpc) is 2.77. The van der Waals surface area contributed by atoms with E-state index in [0.717, 1.165) is 57.6 Å². The van der Waals surface area contributed by atoms with Gasteiger partial charge in [-0.1, -0.05) is 0 Å². The minimum Gasteiger partial charge on any atom is -0.384 e. The molecule has 3 aliphatic heterocycles. The van der Waals surface area contributed by atoms with Gasteiger partial charge in [-0.15, -0.1) is 0 Å². The molecular formula is C23H32N6O2. The smallest absolute Gasteiger partial charge is 0.270 e. The number of hydrogen-bond acceptors (Lipinski definition) is 7. The summed E-state index contributed by atoms with van der Waals surface area (Å²) >= 11 is 0. The van der Waals surface area contributed by atoms with Crippen molar-refractivity contribution in [2.24, 2.45) is 5.41 Å². The van der Waals surface area contributed by atoms with E-state index >= 15 is 0 Å². The number of nitrogens with one attached hydrogen (secondary N) is 1. The molecule has 0 aromatic carbocycles. The maximum absolute atomic E-state index is 12.8. The molecule has 8 nitrogen and oxygen atoms in total. The fraction of sp³-hybridized carbons (Fsp3) is 0.609. The zero-order valence-electron chi connectivity index (χ0n) is 18.1. The molecule has 0 atom stereocenters. The third kappa shape index (κ3) is 4.51. The highest BCUT2D eigenvalue weighted by Crippen LogP contribution is 2.38. The summed E-state index contributed by atoms with van der Waals surface area (Å²) in [6, 6.07) is 5.50. The molecule has 1 amide bonds. The van der Waals surface area contributed by atoms with Gasteiger partial charge < -0.3 is 25.6 Å². The van der Waals surface area contributed by atoms with Crippen LogP contribution in [0.3, 0.4) is 0 Å². The van der Waals surface area contributed by atoms with Crippen LogP contribution in [0.2, 0.25) is 0 Å². The number of nitrogens with two attached hydrogens (primary N) is 1. The van der Waals surface area contributed by atoms with Crippen LogP contribution in [0, 0.1) is 5.41 Å². The molecule has 2 aromatic heterocycles. The van der Waals surface area contributed by atoms with Crippen molar-refractivity contribution in [3.05, 3.63) is 30.1 Å². The van der Waals surface area contributed by atoms with E-state index in [1.165, 1.54) is 25.9 Å². The number of fused-ring (bicyclic) bond motifs is 1. The fourth-order valence-corrected chi connectivity index (χ4v) is 5.02. The number of ether oxygens (including phenoxy) is 1. The molecule has 3 fully saturated rings. The van der Waals surface area contributed by atoms with Gasteiger partial charge in [-0.05, 0) is 57.0 Å². The quantitative estimate of drug-likeness (QED) is 0.751. The van der Waals surface area contributed by atoms with Crippen molar-refractivity contribution in [2.75, 3.05) is 58.2 Å². The molecule has 0 radical (unpaired) electrons. The van der Waals surface area contributed by atoms with E-state index in [1.54, 1.807) is 18.3 Å². The lowest BCUT2D eigenvalue weighted by atomic mass is 9.77. The van der Waals surface area contributed by atoms with Crippen LogP contribution in [0.25, 0.3) is 10.9 Å². The van der Waals surface area contributed by atoms with Gasteiger partial charge >= 0.3 is 0 Å². The van der Waals surface area contributed by atoms with Crippen molar-refractivity contribution in [2.45, 2.75) is 31.7 Å². The van der Waals surface area contributed by atoms with Gasteiger partial charge in [0.1, 0.15) is 11.5 Å². The van der Waals surface area contributed by atoms with Crippen molar-refractivity contribution in [1.29, 1.82) is 0 Å². The van der Waals surface area contributed by atoms with E-state index < -0.39 is 0 Å². The summed E-state index contributed by atoms with van der Waals surface area (Å²) in [5.74, 6) is 0.316. The molecule has 31 heavy (non-hydrogen) atoms. The lowest BCUT2D eigenvalue weighted by Crippen LogP contribution is -2.52. The highest BCUT2D eigenvalue weighted by molar-refractivity contribution is 6.04. The zero-order valence-corrected chi connectivity index (χ0v) is 18.1. The van der Waals surface area contributed by atoms with Crippen LogP contribution in [-0.4, -0.2) is 84.2 Å². The first-order chi connectivity index (χ1) is 15.1. The number of nitrogens with zero attached hydrogens (tertiary/aromatic N) is 4. The van der Waals surface area contributed by atoms with Crippen LogP contribution in [0.5, 0.6) is 0 Å². The van der Waals surface area contributed by atoms with Crippen LogP contribution in [0.4, 0.5) is 5.82 Å². The van der Waals surface area contributed by atoms with Gasteiger partial charge in [0.2, 0.25) is 0 Å². The normalized spacial score (nSPS) is 22.5. The second kappa shape index (κ2) is 8.68. The number of amides is 1. The van der Waals surface area contributed by atoms with Crippen molar-refractivity contribution in [3.63, 3.8) is 0 Å². The lowest BCUT2D eigenvalue weighted by molar-refractivity contribution is -0.139. The molecule has 1 spiro atoms. The Morgan fingerprint density at radius 1 is 1.10 bits per heavy atom. The number of likely N-dealkylation sites (tertiary alicyclic amines) is 2. The minimum absolute atomic E-state index is 0.127. The zero-order chi connectivity index (χ0) is 21.3. The molecule has 0 bridgehead atoms. The molecule has 5 heterocycles. The first-order valence-electron chi connectivity index (χ1n) is 11.4. The van der Waals surface area contributed by atoms with Crippen LogP contribution < -0.4 is 11.1 Å². The third-order valence-electron chi connectivity index (χ3n) is 7.24. The highest BCUT2D eigenvalue weighted by atomic mass is 16.5. The second-order valence-corrected chi connectivity index (χ2v) is 9.39. The summed E-state index contributed by atoms with van der Waals surface area (Å²) in [6.45, 7) is 8.65. The predicted molar refractivity (Wildman–Crippen MR) is 120 cm³/mol. The SMILES string of the molecule is Nc1ccc2c(C(=O)NC3CCN(CCN4CCC5(CC4)COC5)CC3)nccc2n1.